The molecule has 7 nitrogen and oxygen atoms in total. The summed E-state index contributed by atoms with van der Waals surface area (Å²) in [6, 6.07) is 5.59. The summed E-state index contributed by atoms with van der Waals surface area (Å²) >= 11 is 0. The molecule has 150 valence electrons. The lowest BCUT2D eigenvalue weighted by molar-refractivity contribution is 0.0684. The van der Waals surface area contributed by atoms with E-state index in [2.05, 4.69) is 19.9 Å². The Hall–Kier alpha value is -3.09. The van der Waals surface area contributed by atoms with Crippen LogP contribution < -0.4 is 0 Å². The summed E-state index contributed by atoms with van der Waals surface area (Å²) in [5, 5.41) is 0. The Kier molecular flexibility index (Phi) is 5.38. The largest absolute Gasteiger partial charge is 0.337 e. The van der Waals surface area contributed by atoms with E-state index in [9.17, 15) is 4.79 Å². The number of amides is 1. The van der Waals surface area contributed by atoms with Crippen LogP contribution in [0, 0.1) is 19.8 Å². The van der Waals surface area contributed by atoms with E-state index in [0.29, 0.717) is 11.6 Å². The quantitative estimate of drug-likeness (QED) is 0.684. The van der Waals surface area contributed by atoms with E-state index in [4.69, 9.17) is 0 Å². The molecule has 0 atom stereocenters. The second-order valence-electron chi connectivity index (χ2n) is 7.71. The summed E-state index contributed by atoms with van der Waals surface area (Å²) in [6.07, 6.45) is 8.12. The second kappa shape index (κ2) is 8.11. The highest BCUT2D eigenvalue weighted by atomic mass is 16.2. The van der Waals surface area contributed by atoms with Crippen LogP contribution in [-0.2, 0) is 13.5 Å². The van der Waals surface area contributed by atoms with Gasteiger partial charge in [0.05, 0.1) is 17.6 Å². The standard InChI is InChI=1S/C22H26N6O/c1-15-5-4-6-18(26-15)22(29)28-11-7-17(8-12-28)13-19-21(24-10-9-23-19)20-14-25-16(2)27(20)3/h4-6,9-10,14,17H,7-8,11-13H2,1-3H3. The molecule has 0 unspecified atom stereocenters. The molecule has 1 saturated heterocycles. The number of carbonyl (C=O) groups is 1. The number of likely N-dealkylation sites (tertiary alicyclic amines) is 1. The molecule has 29 heavy (non-hydrogen) atoms. The van der Waals surface area contributed by atoms with Crippen LogP contribution in [0.25, 0.3) is 11.4 Å². The number of hydrogen-bond acceptors (Lipinski definition) is 5. The van der Waals surface area contributed by atoms with Crippen molar-refractivity contribution in [2.24, 2.45) is 13.0 Å². The molecule has 1 aliphatic rings. The molecule has 4 rings (SSSR count). The lowest BCUT2D eigenvalue weighted by Crippen LogP contribution is -2.39. The van der Waals surface area contributed by atoms with Gasteiger partial charge in [0.25, 0.3) is 5.91 Å². The van der Waals surface area contributed by atoms with E-state index in [0.717, 1.165) is 61.0 Å². The number of nitrogens with zero attached hydrogens (tertiary/aromatic N) is 6. The van der Waals surface area contributed by atoms with Crippen molar-refractivity contribution in [3.05, 3.63) is 59.7 Å². The van der Waals surface area contributed by atoms with Crippen molar-refractivity contribution in [1.82, 2.24) is 29.4 Å². The van der Waals surface area contributed by atoms with Crippen LogP contribution in [0.2, 0.25) is 0 Å². The minimum absolute atomic E-state index is 0.0256. The molecule has 1 fully saturated rings. The average Bonchev–Trinajstić information content (AvgIpc) is 3.07. The van der Waals surface area contributed by atoms with Gasteiger partial charge >= 0.3 is 0 Å². The lowest BCUT2D eigenvalue weighted by atomic mass is 9.91. The molecular formula is C22H26N6O. The van der Waals surface area contributed by atoms with Crippen molar-refractivity contribution in [2.45, 2.75) is 33.1 Å². The maximum absolute atomic E-state index is 12.7. The number of aryl methyl sites for hydroxylation is 2. The zero-order valence-electron chi connectivity index (χ0n) is 17.2. The number of carbonyl (C=O) groups excluding carboxylic acids is 1. The number of hydrogen-bond donors (Lipinski definition) is 0. The highest BCUT2D eigenvalue weighted by molar-refractivity contribution is 5.92. The number of aromatic nitrogens is 5. The molecule has 0 spiro atoms. The van der Waals surface area contributed by atoms with E-state index in [-0.39, 0.29) is 5.91 Å². The molecule has 1 amide bonds. The summed E-state index contributed by atoms with van der Waals surface area (Å²) in [6.45, 7) is 5.39. The predicted molar refractivity (Wildman–Crippen MR) is 110 cm³/mol. The van der Waals surface area contributed by atoms with Gasteiger partial charge in [-0.15, -0.1) is 0 Å². The van der Waals surface area contributed by atoms with Crippen LogP contribution in [0.5, 0.6) is 0 Å². The molecule has 7 heteroatoms. The van der Waals surface area contributed by atoms with Gasteiger partial charge < -0.3 is 9.47 Å². The first-order valence-electron chi connectivity index (χ1n) is 10.0. The van der Waals surface area contributed by atoms with E-state index in [1.807, 2.05) is 48.7 Å². The van der Waals surface area contributed by atoms with Crippen molar-refractivity contribution in [3.63, 3.8) is 0 Å². The summed E-state index contributed by atoms with van der Waals surface area (Å²) in [5.74, 6) is 1.46. The van der Waals surface area contributed by atoms with Gasteiger partial charge in [-0.2, -0.15) is 0 Å². The number of pyridine rings is 1. The normalized spacial score (nSPS) is 14.9. The van der Waals surface area contributed by atoms with Crippen molar-refractivity contribution in [2.75, 3.05) is 13.1 Å². The lowest BCUT2D eigenvalue weighted by Gasteiger charge is -2.32. The summed E-state index contributed by atoms with van der Waals surface area (Å²) in [7, 11) is 2.00. The minimum atomic E-state index is 0.0256. The van der Waals surface area contributed by atoms with Crippen molar-refractivity contribution >= 4 is 5.91 Å². The van der Waals surface area contributed by atoms with Crippen LogP contribution in [0.4, 0.5) is 0 Å². The van der Waals surface area contributed by atoms with Crippen LogP contribution >= 0.6 is 0 Å². The highest BCUT2D eigenvalue weighted by Gasteiger charge is 2.26. The van der Waals surface area contributed by atoms with E-state index in [1.54, 1.807) is 18.5 Å². The minimum Gasteiger partial charge on any atom is -0.337 e. The van der Waals surface area contributed by atoms with Gasteiger partial charge in [0, 0.05) is 38.2 Å². The molecular weight excluding hydrogens is 364 g/mol. The number of piperidine rings is 1. The maximum atomic E-state index is 12.7. The van der Waals surface area contributed by atoms with Gasteiger partial charge in [-0.1, -0.05) is 6.07 Å². The Labute approximate surface area is 170 Å². The molecule has 3 aromatic rings. The molecule has 4 heterocycles. The summed E-state index contributed by atoms with van der Waals surface area (Å²) < 4.78 is 2.05. The Morgan fingerprint density at radius 1 is 1.10 bits per heavy atom. The van der Waals surface area contributed by atoms with E-state index in [1.165, 1.54) is 0 Å². The SMILES string of the molecule is Cc1cccc(C(=O)N2CCC(Cc3nccnc3-c3cnc(C)n3C)CC2)n1. The first-order chi connectivity index (χ1) is 14.0. The van der Waals surface area contributed by atoms with Crippen LogP contribution in [0.15, 0.2) is 36.8 Å². The van der Waals surface area contributed by atoms with Gasteiger partial charge in [0.15, 0.2) is 0 Å². The third kappa shape index (κ3) is 4.04. The Bertz CT molecular complexity index is 1020. The molecule has 0 bridgehead atoms. The third-order valence-electron chi connectivity index (χ3n) is 5.73. The molecule has 0 radical (unpaired) electrons. The summed E-state index contributed by atoms with van der Waals surface area (Å²) in [5.41, 5.74) is 4.29. The van der Waals surface area contributed by atoms with Gasteiger partial charge in [-0.25, -0.2) is 9.97 Å². The van der Waals surface area contributed by atoms with Gasteiger partial charge in [0.2, 0.25) is 0 Å². The molecule has 0 aliphatic carbocycles. The smallest absolute Gasteiger partial charge is 0.272 e. The highest BCUT2D eigenvalue weighted by Crippen LogP contribution is 2.27. The van der Waals surface area contributed by atoms with Crippen LogP contribution in [0.3, 0.4) is 0 Å². The Morgan fingerprint density at radius 2 is 1.86 bits per heavy atom. The van der Waals surface area contributed by atoms with Gasteiger partial charge in [-0.3, -0.25) is 14.8 Å². The van der Waals surface area contributed by atoms with Crippen LogP contribution in [-0.4, -0.2) is 48.4 Å². The van der Waals surface area contributed by atoms with Crippen LogP contribution in [0.1, 0.15) is 40.5 Å². The monoisotopic (exact) mass is 390 g/mol. The summed E-state index contributed by atoms with van der Waals surface area (Å²) in [4.78, 5) is 32.6. The molecule has 1 aliphatic heterocycles. The molecule has 3 aromatic heterocycles. The molecule has 0 N–H and O–H groups in total. The Balaban J connectivity index is 1.43. The van der Waals surface area contributed by atoms with Crippen molar-refractivity contribution in [3.8, 4) is 11.4 Å². The number of rotatable bonds is 4. The zero-order valence-corrected chi connectivity index (χ0v) is 17.2. The second-order valence-corrected chi connectivity index (χ2v) is 7.71. The van der Waals surface area contributed by atoms with Crippen molar-refractivity contribution < 1.29 is 4.79 Å². The molecule has 0 aromatic carbocycles. The van der Waals surface area contributed by atoms with Gasteiger partial charge in [0.1, 0.15) is 17.2 Å². The van der Waals surface area contributed by atoms with E-state index >= 15 is 0 Å². The fourth-order valence-electron chi connectivity index (χ4n) is 3.89. The first-order valence-corrected chi connectivity index (χ1v) is 10.0. The fourth-order valence-corrected chi connectivity index (χ4v) is 3.89. The first kappa shape index (κ1) is 19.2. The fraction of sp³-hybridized carbons (Fsp3) is 0.409. The maximum Gasteiger partial charge on any atom is 0.272 e. The third-order valence-corrected chi connectivity index (χ3v) is 5.73. The topological polar surface area (TPSA) is 76.8 Å². The predicted octanol–water partition coefficient (Wildman–Crippen LogP) is 2.98. The Morgan fingerprint density at radius 3 is 2.55 bits per heavy atom. The average molecular weight is 390 g/mol. The zero-order chi connectivity index (χ0) is 20.4. The van der Waals surface area contributed by atoms with E-state index < -0.39 is 0 Å². The van der Waals surface area contributed by atoms with Crippen molar-refractivity contribution in [1.29, 1.82) is 0 Å². The number of imidazole rings is 1. The van der Waals surface area contributed by atoms with Gasteiger partial charge in [-0.05, 0) is 51.2 Å². The molecule has 0 saturated carbocycles.